The van der Waals surface area contributed by atoms with E-state index in [1.54, 1.807) is 12.1 Å². The number of carbonyl (C=O) groups is 2. The van der Waals surface area contributed by atoms with E-state index in [2.05, 4.69) is 46.1 Å². The molecule has 36 heavy (non-hydrogen) atoms. The van der Waals surface area contributed by atoms with Crippen molar-refractivity contribution < 1.29 is 14.3 Å². The third-order valence-electron chi connectivity index (χ3n) is 12.7. The first-order chi connectivity index (χ1) is 17.1. The Hall–Kier alpha value is -1.94. The standard InChI is InChI=1S/C32H43NO3/c1-28(2)24-11-12-25-30(4)15-13-22(23(34)19-36-27(35)21-9-7-6-8-10-21)29(30,3)17-18-32(25)20-31(24,32)16-14-26(28)33-5/h6-10,13,24-26,33H,11-12,14-20H2,1-5H3/t24-,25-,26-,29+,30-,31+,32-/m0/s1. The van der Waals surface area contributed by atoms with Crippen LogP contribution in [-0.4, -0.2) is 31.4 Å². The molecule has 4 nitrogen and oxygen atoms in total. The van der Waals surface area contributed by atoms with Crippen LogP contribution in [0.15, 0.2) is 42.0 Å². The van der Waals surface area contributed by atoms with Gasteiger partial charge in [0, 0.05) is 17.0 Å². The van der Waals surface area contributed by atoms with Gasteiger partial charge in [0.15, 0.2) is 12.4 Å². The molecule has 0 radical (unpaired) electrons. The summed E-state index contributed by atoms with van der Waals surface area (Å²) in [5.74, 6) is 1.05. The minimum absolute atomic E-state index is 0.00341. The van der Waals surface area contributed by atoms with Crippen molar-refractivity contribution in [2.75, 3.05) is 13.7 Å². The maximum atomic E-state index is 13.5. The van der Waals surface area contributed by atoms with Crippen molar-refractivity contribution in [3.63, 3.8) is 0 Å². The summed E-state index contributed by atoms with van der Waals surface area (Å²) in [5, 5.41) is 3.65. The summed E-state index contributed by atoms with van der Waals surface area (Å²) in [4.78, 5) is 25.9. The smallest absolute Gasteiger partial charge is 0.338 e. The predicted octanol–water partition coefficient (Wildman–Crippen LogP) is 6.36. The minimum Gasteiger partial charge on any atom is -0.454 e. The van der Waals surface area contributed by atoms with Crippen LogP contribution in [0.4, 0.5) is 0 Å². The fourth-order valence-corrected chi connectivity index (χ4v) is 10.7. The second-order valence-electron chi connectivity index (χ2n) is 13.8. The number of carbonyl (C=O) groups excluding carboxylic acids is 2. The molecular formula is C32H43NO3. The van der Waals surface area contributed by atoms with Gasteiger partial charge < -0.3 is 10.1 Å². The molecule has 4 saturated carbocycles. The fraction of sp³-hybridized carbons (Fsp3) is 0.688. The van der Waals surface area contributed by atoms with E-state index in [1.165, 1.54) is 38.5 Å². The summed E-state index contributed by atoms with van der Waals surface area (Å²) >= 11 is 0. The van der Waals surface area contributed by atoms with E-state index in [1.807, 2.05) is 18.2 Å². The Balaban J connectivity index is 1.21. The number of ether oxygens (including phenoxy) is 1. The first-order valence-corrected chi connectivity index (χ1v) is 14.2. The highest BCUT2D eigenvalue weighted by atomic mass is 16.5. The Bertz CT molecular complexity index is 1120. The maximum Gasteiger partial charge on any atom is 0.338 e. The normalized spacial score (nSPS) is 43.8. The van der Waals surface area contributed by atoms with Crippen LogP contribution in [0.5, 0.6) is 0 Å². The summed E-state index contributed by atoms with van der Waals surface area (Å²) in [5.41, 5.74) is 2.71. The van der Waals surface area contributed by atoms with Crippen LogP contribution in [0.1, 0.15) is 89.4 Å². The van der Waals surface area contributed by atoms with Crippen molar-refractivity contribution in [1.29, 1.82) is 0 Å². The van der Waals surface area contributed by atoms with Gasteiger partial charge in [0.2, 0.25) is 0 Å². The van der Waals surface area contributed by atoms with Crippen LogP contribution in [0.2, 0.25) is 0 Å². The molecule has 0 saturated heterocycles. The first-order valence-electron chi connectivity index (χ1n) is 14.2. The molecule has 1 N–H and O–H groups in total. The van der Waals surface area contributed by atoms with E-state index in [9.17, 15) is 9.59 Å². The van der Waals surface area contributed by atoms with Gasteiger partial charge in [-0.15, -0.1) is 0 Å². The molecule has 0 heterocycles. The number of fused-ring (bicyclic) bond motifs is 2. The number of hydrogen-bond acceptors (Lipinski definition) is 4. The van der Waals surface area contributed by atoms with Gasteiger partial charge in [-0.05, 0) is 104 Å². The zero-order chi connectivity index (χ0) is 25.6. The zero-order valence-electron chi connectivity index (χ0n) is 22.8. The van der Waals surface area contributed by atoms with Crippen LogP contribution >= 0.6 is 0 Å². The molecular weight excluding hydrogens is 446 g/mol. The van der Waals surface area contributed by atoms with Crippen LogP contribution < -0.4 is 5.32 Å². The lowest BCUT2D eigenvalue weighted by molar-refractivity contribution is -0.135. The highest BCUT2D eigenvalue weighted by Crippen LogP contribution is 2.88. The number of nitrogens with one attached hydrogen (secondary N) is 1. The Labute approximate surface area is 216 Å². The van der Waals surface area contributed by atoms with Crippen molar-refractivity contribution >= 4 is 11.8 Å². The molecule has 6 rings (SSSR count). The molecule has 5 aliphatic carbocycles. The lowest BCUT2D eigenvalue weighted by Gasteiger charge is -2.63. The van der Waals surface area contributed by atoms with Gasteiger partial charge in [-0.2, -0.15) is 0 Å². The third-order valence-corrected chi connectivity index (χ3v) is 12.7. The van der Waals surface area contributed by atoms with Gasteiger partial charge in [-0.1, -0.05) is 52.0 Å². The van der Waals surface area contributed by atoms with E-state index in [4.69, 9.17) is 4.74 Å². The van der Waals surface area contributed by atoms with E-state index < -0.39 is 5.97 Å². The number of hydrogen-bond donors (Lipinski definition) is 1. The average molecular weight is 490 g/mol. The molecule has 2 spiro atoms. The number of allylic oxidation sites excluding steroid dienone is 1. The van der Waals surface area contributed by atoms with Gasteiger partial charge in [0.05, 0.1) is 5.56 Å². The maximum absolute atomic E-state index is 13.5. The second-order valence-corrected chi connectivity index (χ2v) is 13.8. The molecule has 0 aliphatic heterocycles. The lowest BCUT2D eigenvalue weighted by atomic mass is 9.42. The predicted molar refractivity (Wildman–Crippen MR) is 141 cm³/mol. The minimum atomic E-state index is -0.420. The molecule has 5 aliphatic rings. The van der Waals surface area contributed by atoms with Crippen molar-refractivity contribution in [1.82, 2.24) is 5.32 Å². The van der Waals surface area contributed by atoms with Crippen molar-refractivity contribution in [3.05, 3.63) is 47.5 Å². The molecule has 0 aromatic heterocycles. The van der Waals surface area contributed by atoms with Crippen molar-refractivity contribution in [2.45, 2.75) is 85.1 Å². The van der Waals surface area contributed by atoms with Crippen LogP contribution in [0.25, 0.3) is 0 Å². The molecule has 0 bridgehead atoms. The van der Waals surface area contributed by atoms with E-state index in [0.29, 0.717) is 33.8 Å². The summed E-state index contributed by atoms with van der Waals surface area (Å²) in [6.07, 6.45) is 12.2. The van der Waals surface area contributed by atoms with Crippen LogP contribution in [-0.2, 0) is 9.53 Å². The largest absolute Gasteiger partial charge is 0.454 e. The first kappa shape index (κ1) is 24.4. The summed E-state index contributed by atoms with van der Waals surface area (Å²) < 4.78 is 5.47. The molecule has 1 aromatic carbocycles. The molecule has 4 fully saturated rings. The highest BCUT2D eigenvalue weighted by Gasteiger charge is 2.81. The van der Waals surface area contributed by atoms with Crippen LogP contribution in [0.3, 0.4) is 0 Å². The molecule has 7 atom stereocenters. The highest BCUT2D eigenvalue weighted by molar-refractivity contribution is 6.00. The van der Waals surface area contributed by atoms with Gasteiger partial charge in [-0.25, -0.2) is 4.79 Å². The van der Waals surface area contributed by atoms with Crippen molar-refractivity contribution in [2.24, 2.45) is 38.9 Å². The zero-order valence-corrected chi connectivity index (χ0v) is 22.8. The topological polar surface area (TPSA) is 55.4 Å². The molecule has 0 unspecified atom stereocenters. The monoisotopic (exact) mass is 489 g/mol. The second kappa shape index (κ2) is 7.79. The Morgan fingerprint density at radius 2 is 1.64 bits per heavy atom. The number of rotatable bonds is 5. The number of esters is 1. The molecule has 194 valence electrons. The van der Waals surface area contributed by atoms with Gasteiger partial charge in [-0.3, -0.25) is 4.79 Å². The Kier molecular flexibility index (Phi) is 5.28. The third kappa shape index (κ3) is 2.91. The molecule has 4 heteroatoms. The molecule has 1 aromatic rings. The number of ketones is 1. The average Bonchev–Trinajstić information content (AvgIpc) is 3.44. The number of Topliss-reactive ketones (excluding diaryl/α,β-unsaturated/α-hetero) is 1. The van der Waals surface area contributed by atoms with E-state index >= 15 is 0 Å². The van der Waals surface area contributed by atoms with E-state index in [-0.39, 0.29) is 23.2 Å². The van der Waals surface area contributed by atoms with Gasteiger partial charge in [0.25, 0.3) is 0 Å². The summed E-state index contributed by atoms with van der Waals surface area (Å²) in [6, 6.07) is 9.57. The SMILES string of the molecule is CN[C@H]1CC[C@]23C[C@]24CC[C@]2(C)C(C(=O)COC(=O)c5ccccc5)=CC[C@@]2(C)[C@@H]4CC[C@H]3C1(C)C. The van der Waals surface area contributed by atoms with Crippen molar-refractivity contribution in [3.8, 4) is 0 Å². The quantitative estimate of drug-likeness (QED) is 0.489. The molecule has 0 amide bonds. The Morgan fingerprint density at radius 1 is 0.944 bits per heavy atom. The van der Waals surface area contributed by atoms with Crippen LogP contribution in [0, 0.1) is 38.9 Å². The van der Waals surface area contributed by atoms with Gasteiger partial charge in [0.1, 0.15) is 0 Å². The number of benzene rings is 1. The van der Waals surface area contributed by atoms with Gasteiger partial charge >= 0.3 is 5.97 Å². The fourth-order valence-electron chi connectivity index (χ4n) is 10.7. The summed E-state index contributed by atoms with van der Waals surface area (Å²) in [7, 11) is 2.14. The van der Waals surface area contributed by atoms with E-state index in [0.717, 1.165) is 24.3 Å². The lowest BCUT2D eigenvalue weighted by Crippen LogP contribution is -2.59. The Morgan fingerprint density at radius 3 is 2.36 bits per heavy atom. The summed E-state index contributed by atoms with van der Waals surface area (Å²) in [6.45, 7) is 9.71.